The van der Waals surface area contributed by atoms with Crippen molar-refractivity contribution in [1.82, 2.24) is 9.38 Å². The number of hydrogen-bond acceptors (Lipinski definition) is 5. The van der Waals surface area contributed by atoms with Crippen molar-refractivity contribution in [2.75, 3.05) is 7.11 Å². The molecule has 0 bridgehead atoms. The number of methoxy groups -OCH3 is 1. The van der Waals surface area contributed by atoms with E-state index in [9.17, 15) is 13.2 Å². The number of rotatable bonds is 2. The zero-order valence-corrected chi connectivity index (χ0v) is 12.6. The number of aromatic nitrogens is 2. The molecule has 2 aromatic heterocycles. The summed E-state index contributed by atoms with van der Waals surface area (Å²) < 4.78 is 30.4. The molecule has 0 saturated heterocycles. The number of carbonyl (C=O) groups excluding carboxylic acids is 1. The second-order valence-electron chi connectivity index (χ2n) is 5.35. The number of ether oxygens (including phenoxy) is 1. The predicted molar refractivity (Wildman–Crippen MR) is 73.5 cm³/mol. The highest BCUT2D eigenvalue weighted by atomic mass is 32.2. The first kappa shape index (κ1) is 14.5. The van der Waals surface area contributed by atoms with Crippen molar-refractivity contribution >= 4 is 21.5 Å². The maximum atomic E-state index is 12.6. The Balaban J connectivity index is 2.83. The van der Waals surface area contributed by atoms with Gasteiger partial charge in [-0.25, -0.2) is 18.2 Å². The molecule has 6 nitrogen and oxygen atoms in total. The summed E-state index contributed by atoms with van der Waals surface area (Å²) in [5, 5.41) is 0. The second-order valence-corrected chi connectivity index (χ2v) is 8.02. The van der Waals surface area contributed by atoms with E-state index >= 15 is 0 Å². The number of hydrogen-bond donors (Lipinski definition) is 0. The quantitative estimate of drug-likeness (QED) is 0.788. The lowest BCUT2D eigenvalue weighted by Gasteiger charge is -2.21. The van der Waals surface area contributed by atoms with Gasteiger partial charge in [-0.15, -0.1) is 0 Å². The number of fused-ring (bicyclic) bond motifs is 1. The first-order chi connectivity index (χ1) is 9.18. The molecule has 0 amide bonds. The molecule has 0 radical (unpaired) electrons. The Morgan fingerprint density at radius 2 is 2.00 bits per heavy atom. The zero-order chi connectivity index (χ0) is 15.1. The Morgan fingerprint density at radius 1 is 1.35 bits per heavy atom. The van der Waals surface area contributed by atoms with Gasteiger partial charge in [0.1, 0.15) is 5.65 Å². The van der Waals surface area contributed by atoms with Gasteiger partial charge in [-0.3, -0.25) is 0 Å². The molecular formula is C13H16N2O4S. The summed E-state index contributed by atoms with van der Waals surface area (Å²) in [4.78, 5) is 15.8. The number of imidazole rings is 1. The third-order valence-electron chi connectivity index (χ3n) is 2.99. The van der Waals surface area contributed by atoms with Crippen molar-refractivity contribution < 1.29 is 17.9 Å². The van der Waals surface area contributed by atoms with Crippen LogP contribution in [0, 0.1) is 0 Å². The van der Waals surface area contributed by atoms with Gasteiger partial charge in [-0.1, -0.05) is 0 Å². The van der Waals surface area contributed by atoms with Crippen molar-refractivity contribution in [1.29, 1.82) is 0 Å². The molecule has 0 spiro atoms. The molecule has 2 rings (SSSR count). The van der Waals surface area contributed by atoms with E-state index in [-0.39, 0.29) is 10.5 Å². The van der Waals surface area contributed by atoms with Crippen molar-refractivity contribution in [3.63, 3.8) is 0 Å². The molecule has 0 aromatic carbocycles. The molecule has 20 heavy (non-hydrogen) atoms. The highest BCUT2D eigenvalue weighted by Crippen LogP contribution is 2.28. The largest absolute Gasteiger partial charge is 0.465 e. The average Bonchev–Trinajstić information content (AvgIpc) is 2.82. The third kappa shape index (κ3) is 2.18. The lowest BCUT2D eigenvalue weighted by atomic mass is 10.2. The molecule has 0 saturated carbocycles. The lowest BCUT2D eigenvalue weighted by Crippen LogP contribution is -2.30. The fraction of sp³-hybridized carbons (Fsp3) is 0.385. The number of carbonyl (C=O) groups is 1. The van der Waals surface area contributed by atoms with E-state index in [1.165, 1.54) is 25.6 Å². The predicted octanol–water partition coefficient (Wildman–Crippen LogP) is 1.69. The van der Waals surface area contributed by atoms with Gasteiger partial charge in [-0.05, 0) is 26.8 Å². The van der Waals surface area contributed by atoms with Crippen LogP contribution in [0.5, 0.6) is 0 Å². The zero-order valence-electron chi connectivity index (χ0n) is 11.7. The molecule has 2 aromatic rings. The Bertz CT molecular complexity index is 769. The minimum Gasteiger partial charge on any atom is -0.465 e. The van der Waals surface area contributed by atoms with E-state index in [4.69, 9.17) is 0 Å². The van der Waals surface area contributed by atoms with Crippen LogP contribution in [0.25, 0.3) is 5.65 Å². The van der Waals surface area contributed by atoms with Crippen LogP contribution in [-0.2, 0) is 14.6 Å². The number of pyridine rings is 1. The van der Waals surface area contributed by atoms with Gasteiger partial charge >= 0.3 is 5.97 Å². The van der Waals surface area contributed by atoms with Crippen LogP contribution in [0.2, 0.25) is 0 Å². The first-order valence-corrected chi connectivity index (χ1v) is 7.46. The average molecular weight is 296 g/mol. The van der Waals surface area contributed by atoms with Gasteiger partial charge in [0.05, 0.1) is 22.3 Å². The molecule has 0 aliphatic carbocycles. The molecule has 108 valence electrons. The fourth-order valence-corrected chi connectivity index (χ4v) is 3.10. The highest BCUT2D eigenvalue weighted by molar-refractivity contribution is 7.92. The Morgan fingerprint density at radius 3 is 2.55 bits per heavy atom. The highest BCUT2D eigenvalue weighted by Gasteiger charge is 2.35. The van der Waals surface area contributed by atoms with E-state index in [1.807, 2.05) is 0 Å². The lowest BCUT2D eigenvalue weighted by molar-refractivity contribution is 0.0596. The molecule has 0 fully saturated rings. The summed E-state index contributed by atoms with van der Waals surface area (Å²) in [6, 6.07) is 1.42. The standard InChI is InChI=1S/C13H16N2O4S/c1-13(2,3)20(17,18)10-8-15-6-5-14-11(15)7-9(10)12(16)19-4/h5-8H,1-4H3. The maximum absolute atomic E-state index is 12.6. The van der Waals surface area contributed by atoms with Crippen LogP contribution in [0.15, 0.2) is 29.6 Å². The molecule has 0 aliphatic heterocycles. The van der Waals surface area contributed by atoms with Gasteiger partial charge in [0.25, 0.3) is 0 Å². The third-order valence-corrected chi connectivity index (χ3v) is 5.51. The van der Waals surface area contributed by atoms with Gasteiger partial charge in [-0.2, -0.15) is 0 Å². The summed E-state index contributed by atoms with van der Waals surface area (Å²) in [6.07, 6.45) is 4.55. The van der Waals surface area contributed by atoms with Gasteiger partial charge in [0.15, 0.2) is 9.84 Å². The van der Waals surface area contributed by atoms with E-state index in [2.05, 4.69) is 9.72 Å². The van der Waals surface area contributed by atoms with Crippen molar-refractivity contribution in [3.05, 3.63) is 30.2 Å². The molecule has 0 N–H and O–H groups in total. The van der Waals surface area contributed by atoms with Gasteiger partial charge < -0.3 is 9.14 Å². The fourth-order valence-electron chi connectivity index (χ4n) is 1.76. The van der Waals surface area contributed by atoms with E-state index in [0.29, 0.717) is 5.65 Å². The summed E-state index contributed by atoms with van der Waals surface area (Å²) in [5.74, 6) is -0.696. The smallest absolute Gasteiger partial charge is 0.339 e. The number of esters is 1. The Kier molecular flexibility index (Phi) is 3.33. The summed E-state index contributed by atoms with van der Waals surface area (Å²) in [5.41, 5.74) is 0.486. The van der Waals surface area contributed by atoms with Crippen LogP contribution in [-0.4, -0.2) is 35.6 Å². The summed E-state index contributed by atoms with van der Waals surface area (Å²) in [7, 11) is -2.47. The van der Waals surface area contributed by atoms with Gasteiger partial charge in [0, 0.05) is 18.6 Å². The second kappa shape index (κ2) is 4.59. The Labute approximate surface area is 117 Å². The normalized spacial score (nSPS) is 12.6. The van der Waals surface area contributed by atoms with E-state index < -0.39 is 20.6 Å². The summed E-state index contributed by atoms with van der Waals surface area (Å²) in [6.45, 7) is 4.75. The van der Waals surface area contributed by atoms with Crippen molar-refractivity contribution in [3.8, 4) is 0 Å². The molecule has 0 unspecified atom stereocenters. The monoisotopic (exact) mass is 296 g/mol. The minimum atomic E-state index is -3.68. The molecule has 7 heteroatoms. The SMILES string of the molecule is COC(=O)c1cc2nccn2cc1S(=O)(=O)C(C)(C)C. The van der Waals surface area contributed by atoms with Crippen LogP contribution in [0.1, 0.15) is 31.1 Å². The topological polar surface area (TPSA) is 77.7 Å². The summed E-state index contributed by atoms with van der Waals surface area (Å²) >= 11 is 0. The van der Waals surface area contributed by atoms with Crippen LogP contribution < -0.4 is 0 Å². The van der Waals surface area contributed by atoms with Crippen LogP contribution >= 0.6 is 0 Å². The van der Waals surface area contributed by atoms with Gasteiger partial charge in [0.2, 0.25) is 0 Å². The molecular weight excluding hydrogens is 280 g/mol. The van der Waals surface area contributed by atoms with Crippen LogP contribution in [0.4, 0.5) is 0 Å². The van der Waals surface area contributed by atoms with E-state index in [1.54, 1.807) is 31.4 Å². The molecule has 0 aliphatic rings. The van der Waals surface area contributed by atoms with Crippen molar-refractivity contribution in [2.24, 2.45) is 0 Å². The van der Waals surface area contributed by atoms with E-state index in [0.717, 1.165) is 0 Å². The van der Waals surface area contributed by atoms with Crippen LogP contribution in [0.3, 0.4) is 0 Å². The first-order valence-electron chi connectivity index (χ1n) is 5.98. The maximum Gasteiger partial charge on any atom is 0.339 e. The molecule has 0 atom stereocenters. The number of sulfone groups is 1. The number of nitrogens with zero attached hydrogens (tertiary/aromatic N) is 2. The minimum absolute atomic E-state index is 0.00104. The van der Waals surface area contributed by atoms with Crippen molar-refractivity contribution in [2.45, 2.75) is 30.4 Å². The molecule has 2 heterocycles. The Hall–Kier alpha value is -1.89.